The fraction of sp³-hybridized carbons (Fsp3) is 1.00. The fourth-order valence-electron chi connectivity index (χ4n) is 3.15. The smallest absolute Gasteiger partial charge is 0.0792 e. The molecule has 0 rings (SSSR count). The molecule has 0 aromatic rings. The zero-order valence-corrected chi connectivity index (χ0v) is 19.2. The Kier molecular flexibility index (Phi) is 20.2. The van der Waals surface area contributed by atoms with Crippen LogP contribution in [0.25, 0.3) is 0 Å². The fourth-order valence-corrected chi connectivity index (χ4v) is 3.15. The first-order valence-electron chi connectivity index (χ1n) is 10.4. The van der Waals surface area contributed by atoms with Gasteiger partial charge in [0.25, 0.3) is 0 Å². The first-order chi connectivity index (χ1) is 11.0. The first-order valence-corrected chi connectivity index (χ1v) is 10.4. The van der Waals surface area contributed by atoms with Gasteiger partial charge in [-0.25, -0.2) is 0 Å². The summed E-state index contributed by atoms with van der Waals surface area (Å²) in [6.07, 6.45) is 18.6. The lowest BCUT2D eigenvalue weighted by Gasteiger charge is -2.25. The molecule has 0 aliphatic carbocycles. The summed E-state index contributed by atoms with van der Waals surface area (Å²) in [6.45, 7) is 6.12. The van der Waals surface area contributed by atoms with Gasteiger partial charge in [0.05, 0.1) is 27.7 Å². The maximum Gasteiger partial charge on any atom is 0.0792 e. The maximum atomic E-state index is 2.52. The van der Waals surface area contributed by atoms with E-state index in [9.17, 15) is 0 Å². The molecule has 0 aliphatic heterocycles. The third-order valence-corrected chi connectivity index (χ3v) is 4.76. The van der Waals surface area contributed by atoms with Gasteiger partial charge in [-0.05, 0) is 20.0 Å². The second kappa shape index (κ2) is 18.2. The second-order valence-electron chi connectivity index (χ2n) is 8.56. The molecule has 0 unspecified atom stereocenters. The van der Waals surface area contributed by atoms with E-state index in [1.54, 1.807) is 0 Å². The van der Waals surface area contributed by atoms with Gasteiger partial charge < -0.3 is 26.4 Å². The Balaban J connectivity index is 0. The Bertz CT molecular complexity index is 238. The molecular formula is C21H47BrN2. The summed E-state index contributed by atoms with van der Waals surface area (Å²) in [7, 11) is 9.13. The molecule has 3 heteroatoms. The summed E-state index contributed by atoms with van der Waals surface area (Å²) >= 11 is 0. The van der Waals surface area contributed by atoms with Gasteiger partial charge in [0.2, 0.25) is 0 Å². The number of rotatable bonds is 17. The van der Waals surface area contributed by atoms with E-state index in [-0.39, 0.29) is 17.0 Å². The van der Waals surface area contributed by atoms with E-state index in [0.717, 1.165) is 4.48 Å². The van der Waals surface area contributed by atoms with E-state index >= 15 is 0 Å². The largest absolute Gasteiger partial charge is 1.00 e. The highest BCUT2D eigenvalue weighted by Crippen LogP contribution is 2.12. The van der Waals surface area contributed by atoms with Gasteiger partial charge in [0, 0.05) is 13.0 Å². The molecule has 148 valence electrons. The van der Waals surface area contributed by atoms with Crippen molar-refractivity contribution in [3.05, 3.63) is 0 Å². The average molecular weight is 408 g/mol. The lowest BCUT2D eigenvalue weighted by molar-refractivity contribution is -0.870. The van der Waals surface area contributed by atoms with Gasteiger partial charge in [-0.1, -0.05) is 77.6 Å². The molecule has 2 nitrogen and oxygen atoms in total. The van der Waals surface area contributed by atoms with E-state index < -0.39 is 0 Å². The van der Waals surface area contributed by atoms with Crippen molar-refractivity contribution < 1.29 is 21.5 Å². The number of hydrogen-bond acceptors (Lipinski definition) is 1. The Morgan fingerprint density at radius 1 is 0.583 bits per heavy atom. The molecule has 0 atom stereocenters. The van der Waals surface area contributed by atoms with E-state index in [0.29, 0.717) is 0 Å². The molecule has 24 heavy (non-hydrogen) atoms. The number of nitrogens with zero attached hydrogens (tertiary/aromatic N) is 2. The Morgan fingerprint density at radius 2 is 0.958 bits per heavy atom. The van der Waals surface area contributed by atoms with Gasteiger partial charge in [0.1, 0.15) is 0 Å². The average Bonchev–Trinajstić information content (AvgIpc) is 2.47. The lowest BCUT2D eigenvalue weighted by atomic mass is 10.1. The van der Waals surface area contributed by atoms with Crippen LogP contribution >= 0.6 is 0 Å². The van der Waals surface area contributed by atoms with Gasteiger partial charge in [0.15, 0.2) is 0 Å². The van der Waals surface area contributed by atoms with Crippen LogP contribution in [0.15, 0.2) is 0 Å². The van der Waals surface area contributed by atoms with Gasteiger partial charge in [-0.3, -0.25) is 0 Å². The van der Waals surface area contributed by atoms with E-state index in [4.69, 9.17) is 0 Å². The summed E-state index contributed by atoms with van der Waals surface area (Å²) < 4.78 is 1.09. The topological polar surface area (TPSA) is 3.24 Å². The van der Waals surface area contributed by atoms with Crippen molar-refractivity contribution in [2.75, 3.05) is 47.8 Å². The molecule has 0 aromatic carbocycles. The van der Waals surface area contributed by atoms with Crippen molar-refractivity contribution in [2.24, 2.45) is 0 Å². The minimum absolute atomic E-state index is 0. The standard InChI is InChI=1S/C21H47N2.BrH/c1-6-7-8-9-10-11-12-13-14-15-16-17-19-22(2)20-18-21-23(3,4)5;/h6-21H2,1-5H3;1H/q+1;/p-1. The van der Waals surface area contributed by atoms with Gasteiger partial charge >= 0.3 is 0 Å². The first kappa shape index (κ1) is 26.6. The van der Waals surface area contributed by atoms with Gasteiger partial charge in [-0.15, -0.1) is 0 Å². The summed E-state index contributed by atoms with van der Waals surface area (Å²) in [5.74, 6) is 0. The molecule has 0 aromatic heterocycles. The van der Waals surface area contributed by atoms with Crippen molar-refractivity contribution in [1.82, 2.24) is 4.90 Å². The summed E-state index contributed by atoms with van der Waals surface area (Å²) in [5, 5.41) is 0. The van der Waals surface area contributed by atoms with Crippen LogP contribution in [0, 0.1) is 0 Å². The van der Waals surface area contributed by atoms with Crippen LogP contribution in [0.3, 0.4) is 0 Å². The minimum atomic E-state index is 0. The van der Waals surface area contributed by atoms with Crippen LogP contribution in [0.1, 0.15) is 90.4 Å². The summed E-state index contributed by atoms with van der Waals surface area (Å²) in [4.78, 5) is 2.52. The number of quaternary nitrogens is 1. The number of hydrogen-bond donors (Lipinski definition) is 0. The maximum absolute atomic E-state index is 2.52. The highest BCUT2D eigenvalue weighted by molar-refractivity contribution is 4.53. The van der Waals surface area contributed by atoms with Crippen LogP contribution in [-0.2, 0) is 0 Å². The van der Waals surface area contributed by atoms with Crippen molar-refractivity contribution in [3.8, 4) is 0 Å². The highest BCUT2D eigenvalue weighted by Gasteiger charge is 2.07. The molecule has 0 aliphatic rings. The second-order valence-corrected chi connectivity index (χ2v) is 8.56. The van der Waals surface area contributed by atoms with Crippen LogP contribution in [0.4, 0.5) is 0 Å². The molecule has 0 radical (unpaired) electrons. The zero-order chi connectivity index (χ0) is 17.4. The molecule has 0 spiro atoms. The van der Waals surface area contributed by atoms with Crippen LogP contribution < -0.4 is 17.0 Å². The van der Waals surface area contributed by atoms with E-state index in [2.05, 4.69) is 40.0 Å². The predicted molar refractivity (Wildman–Crippen MR) is 106 cm³/mol. The molecule has 0 fully saturated rings. The number of unbranched alkanes of at least 4 members (excludes halogenated alkanes) is 11. The molecule has 0 saturated carbocycles. The normalized spacial score (nSPS) is 11.8. The Labute approximate surface area is 164 Å². The van der Waals surface area contributed by atoms with Crippen molar-refractivity contribution >= 4 is 0 Å². The van der Waals surface area contributed by atoms with E-state index in [1.165, 1.54) is 103 Å². The lowest BCUT2D eigenvalue weighted by Crippen LogP contribution is -3.00. The van der Waals surface area contributed by atoms with Crippen molar-refractivity contribution in [1.29, 1.82) is 0 Å². The zero-order valence-electron chi connectivity index (χ0n) is 17.6. The van der Waals surface area contributed by atoms with Crippen molar-refractivity contribution in [2.45, 2.75) is 90.4 Å². The number of halogens is 1. The summed E-state index contributed by atoms with van der Waals surface area (Å²) in [5.41, 5.74) is 0. The molecule has 0 saturated heterocycles. The SMILES string of the molecule is CCCCCCCCCCCCCCN(C)CCC[N+](C)(C)C.[Br-]. The molecule has 0 N–H and O–H groups in total. The van der Waals surface area contributed by atoms with Crippen molar-refractivity contribution in [3.63, 3.8) is 0 Å². The Morgan fingerprint density at radius 3 is 1.38 bits per heavy atom. The molecule has 0 bridgehead atoms. The van der Waals surface area contributed by atoms with Gasteiger partial charge in [-0.2, -0.15) is 0 Å². The Hall–Kier alpha value is 0.400. The summed E-state index contributed by atoms with van der Waals surface area (Å²) in [6, 6.07) is 0. The van der Waals surface area contributed by atoms with E-state index in [1.807, 2.05) is 0 Å². The third kappa shape index (κ3) is 22.4. The predicted octanol–water partition coefficient (Wildman–Crippen LogP) is 2.72. The monoisotopic (exact) mass is 406 g/mol. The quantitative estimate of drug-likeness (QED) is 0.265. The highest BCUT2D eigenvalue weighted by atomic mass is 79.9. The molecular weight excluding hydrogens is 360 g/mol. The third-order valence-electron chi connectivity index (χ3n) is 4.76. The van der Waals surface area contributed by atoms with Crippen LogP contribution in [0.5, 0.6) is 0 Å². The van der Waals surface area contributed by atoms with Crippen LogP contribution in [-0.4, -0.2) is 57.2 Å². The molecule has 0 amide bonds. The molecule has 0 heterocycles. The minimum Gasteiger partial charge on any atom is -1.00 e. The van der Waals surface area contributed by atoms with Crippen LogP contribution in [0.2, 0.25) is 0 Å².